The molecule has 0 fully saturated rings. The molecule has 0 saturated carbocycles. The number of hydrogen-bond acceptors (Lipinski definition) is 4. The average molecular weight is 212 g/mol. The first kappa shape index (κ1) is 9.24. The van der Waals surface area contributed by atoms with Gasteiger partial charge in [0.2, 0.25) is 0 Å². The van der Waals surface area contributed by atoms with Gasteiger partial charge in [0.15, 0.2) is 0 Å². The first-order valence-corrected chi connectivity index (χ1v) is 5.00. The molecule has 4 nitrogen and oxygen atoms in total. The Morgan fingerprint density at radius 2 is 2.00 bits per heavy atom. The van der Waals surface area contributed by atoms with Crippen LogP contribution in [0.15, 0.2) is 52.2 Å². The van der Waals surface area contributed by atoms with Gasteiger partial charge in [0, 0.05) is 11.2 Å². The highest BCUT2D eigenvalue weighted by Gasteiger charge is 2.31. The largest absolute Gasteiger partial charge is 0.475 e. The molecule has 1 aromatic carbocycles. The third kappa shape index (κ3) is 1.33. The lowest BCUT2D eigenvalue weighted by Gasteiger charge is -2.24. The molecule has 1 aliphatic rings. The Balaban J connectivity index is 2.01. The zero-order chi connectivity index (χ0) is 11.0. The van der Waals surface area contributed by atoms with Crippen molar-refractivity contribution in [1.82, 2.24) is 0 Å². The molecule has 1 aliphatic heterocycles. The number of para-hydroxylation sites is 1. The van der Waals surface area contributed by atoms with Crippen molar-refractivity contribution >= 4 is 24.4 Å². The van der Waals surface area contributed by atoms with Gasteiger partial charge < -0.3 is 9.44 Å². The van der Waals surface area contributed by atoms with Crippen molar-refractivity contribution in [3.05, 3.63) is 48.4 Å². The summed E-state index contributed by atoms with van der Waals surface area (Å²) >= 11 is 0. The summed E-state index contributed by atoms with van der Waals surface area (Å²) in [4.78, 5) is 1.55. The smallest absolute Gasteiger partial charge is 0.464 e. The summed E-state index contributed by atoms with van der Waals surface area (Å²) in [6, 6.07) is 11.3. The van der Waals surface area contributed by atoms with E-state index >= 15 is 0 Å². The Hall–Kier alpha value is -2.01. The van der Waals surface area contributed by atoms with Gasteiger partial charge in [-0.25, -0.2) is 0 Å². The molecular formula is C11H9BN2O2. The van der Waals surface area contributed by atoms with E-state index in [2.05, 4.69) is 5.10 Å². The van der Waals surface area contributed by atoms with E-state index in [4.69, 9.17) is 4.42 Å². The van der Waals surface area contributed by atoms with Crippen molar-refractivity contribution in [2.24, 2.45) is 5.10 Å². The Morgan fingerprint density at radius 1 is 1.19 bits per heavy atom. The lowest BCUT2D eigenvalue weighted by Crippen LogP contribution is -2.49. The van der Waals surface area contributed by atoms with Crippen LogP contribution in [0.2, 0.25) is 0 Å². The Morgan fingerprint density at radius 3 is 2.81 bits per heavy atom. The summed E-state index contributed by atoms with van der Waals surface area (Å²) in [6.07, 6.45) is 3.16. The highest BCUT2D eigenvalue weighted by molar-refractivity contribution is 6.71. The molecule has 16 heavy (non-hydrogen) atoms. The van der Waals surface area contributed by atoms with E-state index in [1.807, 2.05) is 30.3 Å². The van der Waals surface area contributed by atoms with E-state index in [1.165, 1.54) is 0 Å². The van der Waals surface area contributed by atoms with Gasteiger partial charge in [0.25, 0.3) is 0 Å². The van der Waals surface area contributed by atoms with E-state index < -0.39 is 7.05 Å². The molecule has 5 heteroatoms. The van der Waals surface area contributed by atoms with Crippen LogP contribution < -0.4 is 10.4 Å². The normalized spacial score (nSPS) is 14.1. The van der Waals surface area contributed by atoms with Gasteiger partial charge in [0.05, 0.1) is 12.5 Å². The topological polar surface area (TPSA) is 49.0 Å². The number of hydrazone groups is 1. The standard InChI is InChI=1S/C11H9BN2O2/c15-12-10-6-7-16-11(10)8-13-14(12)9-4-2-1-3-5-9/h1-8,15H. The van der Waals surface area contributed by atoms with E-state index in [0.29, 0.717) is 5.76 Å². The van der Waals surface area contributed by atoms with Gasteiger partial charge in [-0.3, -0.25) is 4.92 Å². The summed E-state index contributed by atoms with van der Waals surface area (Å²) in [7, 11) is -0.791. The fraction of sp³-hybridized carbons (Fsp3) is 0. The summed E-state index contributed by atoms with van der Waals surface area (Å²) in [5, 5.41) is 14.3. The molecular weight excluding hydrogens is 203 g/mol. The molecule has 0 radical (unpaired) electrons. The minimum atomic E-state index is -0.791. The molecule has 0 unspecified atom stereocenters. The van der Waals surface area contributed by atoms with Gasteiger partial charge in [-0.1, -0.05) is 18.2 Å². The molecule has 1 N–H and O–H groups in total. The SMILES string of the molecule is OB1c2ccoc2C=NN1c1ccccc1. The van der Waals surface area contributed by atoms with Crippen LogP contribution in [-0.4, -0.2) is 18.3 Å². The van der Waals surface area contributed by atoms with Crippen LogP contribution in [0, 0.1) is 0 Å². The third-order valence-corrected chi connectivity index (χ3v) is 2.56. The van der Waals surface area contributed by atoms with E-state index in [0.717, 1.165) is 11.2 Å². The van der Waals surface area contributed by atoms with Gasteiger partial charge in [0.1, 0.15) is 5.76 Å². The first-order chi connectivity index (χ1) is 7.86. The second kappa shape index (κ2) is 3.54. The average Bonchev–Trinajstić information content (AvgIpc) is 2.80. The maximum Gasteiger partial charge on any atom is 0.475 e. The number of rotatable bonds is 1. The van der Waals surface area contributed by atoms with Crippen molar-refractivity contribution in [2.75, 3.05) is 4.92 Å². The maximum absolute atomic E-state index is 10.1. The van der Waals surface area contributed by atoms with Crippen LogP contribution in [0.25, 0.3) is 0 Å². The van der Waals surface area contributed by atoms with Crippen LogP contribution in [-0.2, 0) is 0 Å². The van der Waals surface area contributed by atoms with Crippen LogP contribution in [0.3, 0.4) is 0 Å². The molecule has 2 heterocycles. The summed E-state index contributed by atoms with van der Waals surface area (Å²) in [5.74, 6) is 0.611. The molecule has 1 aromatic heterocycles. The molecule has 78 valence electrons. The monoisotopic (exact) mass is 212 g/mol. The van der Waals surface area contributed by atoms with Crippen LogP contribution in [0.4, 0.5) is 5.69 Å². The number of benzene rings is 1. The van der Waals surface area contributed by atoms with Gasteiger partial charge >= 0.3 is 7.05 Å². The van der Waals surface area contributed by atoms with E-state index in [9.17, 15) is 5.02 Å². The highest BCUT2D eigenvalue weighted by atomic mass is 16.3. The first-order valence-electron chi connectivity index (χ1n) is 5.00. The summed E-state index contributed by atoms with van der Waals surface area (Å²) in [5.41, 5.74) is 1.58. The molecule has 0 amide bonds. The van der Waals surface area contributed by atoms with Gasteiger partial charge in [-0.2, -0.15) is 5.10 Å². The predicted octanol–water partition coefficient (Wildman–Crippen LogP) is 0.821. The van der Waals surface area contributed by atoms with Crippen LogP contribution >= 0.6 is 0 Å². The minimum absolute atomic E-state index is 0.611. The number of furan rings is 1. The molecule has 0 atom stereocenters. The van der Waals surface area contributed by atoms with Crippen LogP contribution in [0.5, 0.6) is 0 Å². The van der Waals surface area contributed by atoms with E-state index in [-0.39, 0.29) is 0 Å². The van der Waals surface area contributed by atoms with Crippen molar-refractivity contribution < 1.29 is 9.44 Å². The highest BCUT2D eigenvalue weighted by Crippen LogP contribution is 2.17. The Kier molecular flexibility index (Phi) is 2.04. The zero-order valence-electron chi connectivity index (χ0n) is 8.45. The summed E-state index contributed by atoms with van der Waals surface area (Å²) < 4.78 is 5.17. The quantitative estimate of drug-likeness (QED) is 0.712. The van der Waals surface area contributed by atoms with E-state index in [1.54, 1.807) is 23.5 Å². The Labute approximate surface area is 92.9 Å². The zero-order valence-corrected chi connectivity index (χ0v) is 8.45. The fourth-order valence-corrected chi connectivity index (χ4v) is 1.75. The second-order valence-electron chi connectivity index (χ2n) is 3.54. The van der Waals surface area contributed by atoms with Crippen molar-refractivity contribution in [1.29, 1.82) is 0 Å². The summed E-state index contributed by atoms with van der Waals surface area (Å²) in [6.45, 7) is 0. The predicted molar refractivity (Wildman–Crippen MR) is 62.8 cm³/mol. The van der Waals surface area contributed by atoms with Crippen molar-refractivity contribution in [3.63, 3.8) is 0 Å². The molecule has 3 rings (SSSR count). The number of nitrogens with zero attached hydrogens (tertiary/aromatic N) is 2. The fourth-order valence-electron chi connectivity index (χ4n) is 1.75. The number of anilines is 1. The number of hydrogen-bond donors (Lipinski definition) is 1. The van der Waals surface area contributed by atoms with Crippen LogP contribution in [0.1, 0.15) is 5.76 Å². The van der Waals surface area contributed by atoms with Crippen molar-refractivity contribution in [3.8, 4) is 0 Å². The molecule has 0 bridgehead atoms. The molecule has 0 saturated heterocycles. The lowest BCUT2D eigenvalue weighted by atomic mass is 9.72. The number of fused-ring (bicyclic) bond motifs is 1. The third-order valence-electron chi connectivity index (χ3n) is 2.56. The van der Waals surface area contributed by atoms with Gasteiger partial charge in [-0.15, -0.1) is 0 Å². The minimum Gasteiger partial charge on any atom is -0.464 e. The lowest BCUT2D eigenvalue weighted by molar-refractivity contribution is 0.552. The maximum atomic E-state index is 10.1. The molecule has 0 aliphatic carbocycles. The second-order valence-corrected chi connectivity index (χ2v) is 3.54. The Bertz CT molecular complexity index is 524. The van der Waals surface area contributed by atoms with Crippen molar-refractivity contribution in [2.45, 2.75) is 0 Å². The molecule has 0 spiro atoms. The van der Waals surface area contributed by atoms with Gasteiger partial charge in [-0.05, 0) is 18.2 Å². The molecule has 2 aromatic rings.